The molecule has 0 fully saturated rings. The monoisotopic (exact) mass is 414 g/mol. The number of pyridine rings is 2. The lowest BCUT2D eigenvalue weighted by Gasteiger charge is -2.15. The molecule has 4 nitrogen and oxygen atoms in total. The Morgan fingerprint density at radius 3 is 2.22 bits per heavy atom. The molecule has 3 heterocycles. The largest absolute Gasteiger partial charge is 0.254 e. The first-order chi connectivity index (χ1) is 15.8. The highest BCUT2D eigenvalue weighted by molar-refractivity contribution is 6.03. The summed E-state index contributed by atoms with van der Waals surface area (Å²) < 4.78 is 0. The van der Waals surface area contributed by atoms with Crippen molar-refractivity contribution in [2.75, 3.05) is 0 Å². The van der Waals surface area contributed by atoms with Gasteiger partial charge in [-0.1, -0.05) is 67.3 Å². The fourth-order valence-electron chi connectivity index (χ4n) is 3.88. The summed E-state index contributed by atoms with van der Waals surface area (Å²) in [5.41, 5.74) is 6.31. The topological polar surface area (TPSA) is 51.6 Å². The third-order valence-electron chi connectivity index (χ3n) is 5.52. The van der Waals surface area contributed by atoms with Crippen LogP contribution in [-0.4, -0.2) is 19.9 Å². The summed E-state index contributed by atoms with van der Waals surface area (Å²) in [5.74, 6) is 0.697. The SMILES string of the molecule is C=C/C=C\C=C\c1nccc(C2=CC=C(c3ccc4ccc5cccnc5c4n3)CC2)n1. The lowest BCUT2D eigenvalue weighted by Crippen LogP contribution is -1.99. The molecule has 0 aliphatic heterocycles. The number of allylic oxidation sites excluding steroid dienone is 8. The Morgan fingerprint density at radius 1 is 0.688 bits per heavy atom. The highest BCUT2D eigenvalue weighted by Gasteiger charge is 2.13. The van der Waals surface area contributed by atoms with Gasteiger partial charge in [-0.2, -0.15) is 0 Å². The molecule has 0 spiro atoms. The molecule has 3 aromatic heterocycles. The van der Waals surface area contributed by atoms with Crippen molar-refractivity contribution in [3.8, 4) is 0 Å². The highest BCUT2D eigenvalue weighted by Crippen LogP contribution is 2.32. The van der Waals surface area contributed by atoms with Crippen LogP contribution in [0.15, 0.2) is 97.9 Å². The van der Waals surface area contributed by atoms with E-state index in [1.165, 1.54) is 11.1 Å². The Balaban J connectivity index is 1.45. The van der Waals surface area contributed by atoms with Gasteiger partial charge in [-0.3, -0.25) is 4.98 Å². The minimum Gasteiger partial charge on any atom is -0.254 e. The molecule has 32 heavy (non-hydrogen) atoms. The third-order valence-corrected chi connectivity index (χ3v) is 5.52. The Kier molecular flexibility index (Phi) is 5.50. The van der Waals surface area contributed by atoms with Crippen LogP contribution < -0.4 is 0 Å². The van der Waals surface area contributed by atoms with Crippen LogP contribution in [0.3, 0.4) is 0 Å². The number of aromatic nitrogens is 4. The van der Waals surface area contributed by atoms with Crippen molar-refractivity contribution in [1.29, 1.82) is 0 Å². The van der Waals surface area contributed by atoms with Crippen molar-refractivity contribution in [2.24, 2.45) is 0 Å². The molecular formula is C28H22N4. The van der Waals surface area contributed by atoms with Crippen LogP contribution in [0.1, 0.15) is 30.1 Å². The molecule has 1 aromatic carbocycles. The van der Waals surface area contributed by atoms with E-state index in [0.717, 1.165) is 46.0 Å². The van der Waals surface area contributed by atoms with E-state index in [0.29, 0.717) is 5.82 Å². The molecule has 5 rings (SSSR count). The molecule has 0 radical (unpaired) electrons. The highest BCUT2D eigenvalue weighted by atomic mass is 14.9. The summed E-state index contributed by atoms with van der Waals surface area (Å²) in [5, 5.41) is 2.22. The summed E-state index contributed by atoms with van der Waals surface area (Å²) in [7, 11) is 0. The van der Waals surface area contributed by atoms with E-state index < -0.39 is 0 Å². The Bertz CT molecular complexity index is 1440. The Morgan fingerprint density at radius 2 is 1.44 bits per heavy atom. The molecule has 0 atom stereocenters. The maximum absolute atomic E-state index is 4.98. The number of hydrogen-bond donors (Lipinski definition) is 0. The van der Waals surface area contributed by atoms with Gasteiger partial charge in [-0.25, -0.2) is 15.0 Å². The number of rotatable bonds is 5. The summed E-state index contributed by atoms with van der Waals surface area (Å²) >= 11 is 0. The molecule has 154 valence electrons. The maximum Gasteiger partial charge on any atom is 0.152 e. The van der Waals surface area contributed by atoms with Gasteiger partial charge in [0.2, 0.25) is 0 Å². The molecule has 0 amide bonds. The molecule has 0 saturated heterocycles. The lowest BCUT2D eigenvalue weighted by molar-refractivity contribution is 1.03. The van der Waals surface area contributed by atoms with Crippen molar-refractivity contribution in [1.82, 2.24) is 19.9 Å². The van der Waals surface area contributed by atoms with Gasteiger partial charge in [0.05, 0.1) is 22.4 Å². The predicted molar refractivity (Wildman–Crippen MR) is 133 cm³/mol. The molecule has 0 N–H and O–H groups in total. The maximum atomic E-state index is 4.98. The van der Waals surface area contributed by atoms with Crippen LogP contribution >= 0.6 is 0 Å². The quantitative estimate of drug-likeness (QED) is 0.273. The molecule has 1 aliphatic carbocycles. The van der Waals surface area contributed by atoms with Crippen LogP contribution in [0, 0.1) is 0 Å². The van der Waals surface area contributed by atoms with E-state index >= 15 is 0 Å². The van der Waals surface area contributed by atoms with Crippen molar-refractivity contribution < 1.29 is 0 Å². The fourth-order valence-corrected chi connectivity index (χ4v) is 3.88. The molecule has 1 aliphatic rings. The van der Waals surface area contributed by atoms with Gasteiger partial charge < -0.3 is 0 Å². The molecule has 4 heteroatoms. The zero-order valence-corrected chi connectivity index (χ0v) is 17.6. The van der Waals surface area contributed by atoms with Crippen LogP contribution in [0.25, 0.3) is 39.0 Å². The normalized spacial score (nSPS) is 14.2. The summed E-state index contributed by atoms with van der Waals surface area (Å²) in [4.78, 5) is 18.6. The zero-order valence-electron chi connectivity index (χ0n) is 17.6. The van der Waals surface area contributed by atoms with Crippen LogP contribution in [-0.2, 0) is 0 Å². The average molecular weight is 415 g/mol. The summed E-state index contributed by atoms with van der Waals surface area (Å²) in [6.07, 6.45) is 19.1. The van der Waals surface area contributed by atoms with Gasteiger partial charge in [-0.05, 0) is 48.3 Å². The molecular weight excluding hydrogens is 392 g/mol. The first kappa shape index (κ1) is 19.8. The lowest BCUT2D eigenvalue weighted by atomic mass is 9.94. The number of fused-ring (bicyclic) bond motifs is 3. The molecule has 4 aromatic rings. The van der Waals surface area contributed by atoms with Crippen molar-refractivity contribution in [3.63, 3.8) is 0 Å². The van der Waals surface area contributed by atoms with Gasteiger partial charge in [0.25, 0.3) is 0 Å². The van der Waals surface area contributed by atoms with E-state index in [-0.39, 0.29) is 0 Å². The smallest absolute Gasteiger partial charge is 0.152 e. The summed E-state index contributed by atoms with van der Waals surface area (Å²) in [6, 6.07) is 14.4. The molecule has 0 saturated carbocycles. The van der Waals surface area contributed by atoms with Crippen molar-refractivity contribution >= 4 is 39.0 Å². The van der Waals surface area contributed by atoms with Gasteiger partial charge in [0.1, 0.15) is 0 Å². The van der Waals surface area contributed by atoms with Crippen LogP contribution in [0.5, 0.6) is 0 Å². The first-order valence-electron chi connectivity index (χ1n) is 10.7. The minimum atomic E-state index is 0.697. The number of nitrogens with zero attached hydrogens (tertiary/aromatic N) is 4. The Labute approximate surface area is 187 Å². The third kappa shape index (κ3) is 4.03. The zero-order chi connectivity index (χ0) is 21.8. The van der Waals surface area contributed by atoms with Crippen LogP contribution in [0.2, 0.25) is 0 Å². The predicted octanol–water partition coefficient (Wildman–Crippen LogP) is 6.59. The summed E-state index contributed by atoms with van der Waals surface area (Å²) in [6.45, 7) is 3.66. The fraction of sp³-hybridized carbons (Fsp3) is 0.0714. The average Bonchev–Trinajstić information content (AvgIpc) is 2.86. The Hall–Kier alpha value is -4.18. The number of benzene rings is 1. The van der Waals surface area contributed by atoms with Gasteiger partial charge in [0, 0.05) is 23.2 Å². The first-order valence-corrected chi connectivity index (χ1v) is 10.7. The van der Waals surface area contributed by atoms with E-state index in [9.17, 15) is 0 Å². The molecule has 0 unspecified atom stereocenters. The van der Waals surface area contributed by atoms with E-state index in [2.05, 4.69) is 64.0 Å². The minimum absolute atomic E-state index is 0.697. The van der Waals surface area contributed by atoms with E-state index in [1.54, 1.807) is 6.08 Å². The second-order valence-corrected chi connectivity index (χ2v) is 7.57. The van der Waals surface area contributed by atoms with E-state index in [4.69, 9.17) is 4.98 Å². The van der Waals surface area contributed by atoms with Gasteiger partial charge in [0.15, 0.2) is 5.82 Å². The van der Waals surface area contributed by atoms with E-state index in [1.807, 2.05) is 48.8 Å². The second kappa shape index (κ2) is 8.90. The van der Waals surface area contributed by atoms with Gasteiger partial charge in [-0.15, -0.1) is 0 Å². The van der Waals surface area contributed by atoms with Crippen molar-refractivity contribution in [2.45, 2.75) is 12.8 Å². The van der Waals surface area contributed by atoms with Crippen LogP contribution in [0.4, 0.5) is 0 Å². The number of hydrogen-bond acceptors (Lipinski definition) is 4. The standard InChI is InChI=1S/C28H22N4/c1-2-3-4-5-8-26-29-19-17-25(31-26)21-11-9-20(10-12-21)24-16-15-23-14-13-22-7-6-18-30-27(22)28(23)32-24/h2-9,11,13-19H,1,10,12H2/b4-3-,8-5+. The molecule has 0 bridgehead atoms. The van der Waals surface area contributed by atoms with Crippen molar-refractivity contribution in [3.05, 3.63) is 115 Å². The second-order valence-electron chi connectivity index (χ2n) is 7.57. The van der Waals surface area contributed by atoms with Gasteiger partial charge >= 0.3 is 0 Å².